The first-order valence-electron chi connectivity index (χ1n) is 13.5. The van der Waals surface area contributed by atoms with E-state index in [1.54, 1.807) is 17.8 Å². The molecule has 0 spiro atoms. The molecule has 2 N–H and O–H groups in total. The second kappa shape index (κ2) is 11.1. The molecule has 5 heterocycles. The maximum atomic E-state index is 13.4. The van der Waals surface area contributed by atoms with Crippen molar-refractivity contribution in [2.24, 2.45) is 0 Å². The molecule has 40 heavy (non-hydrogen) atoms. The average Bonchev–Trinajstić information content (AvgIpc) is 3.61. The molecule has 1 saturated carbocycles. The van der Waals surface area contributed by atoms with Gasteiger partial charge in [-0.1, -0.05) is 0 Å². The summed E-state index contributed by atoms with van der Waals surface area (Å²) in [5, 5.41) is 31.2. The third-order valence-corrected chi connectivity index (χ3v) is 7.88. The Bertz CT molecular complexity index is 1520. The number of hydrogen-bond donors (Lipinski definition) is 2. The second-order valence-corrected chi connectivity index (χ2v) is 10.3. The molecule has 1 atom stereocenters. The van der Waals surface area contributed by atoms with Gasteiger partial charge in [-0.3, -0.25) is 14.6 Å². The molecule has 208 valence electrons. The fourth-order valence-corrected chi connectivity index (χ4v) is 5.77. The van der Waals surface area contributed by atoms with E-state index < -0.39 is 11.9 Å². The topological polar surface area (TPSA) is 126 Å². The summed E-state index contributed by atoms with van der Waals surface area (Å²) in [5.74, 6) is 0.491. The van der Waals surface area contributed by atoms with Crippen LogP contribution in [0.5, 0.6) is 11.5 Å². The van der Waals surface area contributed by atoms with Gasteiger partial charge in [0.15, 0.2) is 29.3 Å². The lowest BCUT2D eigenvalue weighted by Crippen LogP contribution is -2.45. The zero-order valence-corrected chi connectivity index (χ0v) is 22.2. The van der Waals surface area contributed by atoms with Gasteiger partial charge in [-0.25, -0.2) is 8.91 Å². The van der Waals surface area contributed by atoms with Crippen molar-refractivity contribution < 1.29 is 19.0 Å². The van der Waals surface area contributed by atoms with Gasteiger partial charge in [-0.2, -0.15) is 15.5 Å². The Labute approximate surface area is 230 Å². The van der Waals surface area contributed by atoms with E-state index in [-0.39, 0.29) is 6.61 Å². The van der Waals surface area contributed by atoms with Crippen LogP contribution in [0.4, 0.5) is 4.39 Å². The van der Waals surface area contributed by atoms with E-state index in [1.165, 1.54) is 12.1 Å². The number of hydrogen-bond acceptors (Lipinski definition) is 9. The van der Waals surface area contributed by atoms with Gasteiger partial charge in [0.05, 0.1) is 49.7 Å². The van der Waals surface area contributed by atoms with Crippen LogP contribution in [0.3, 0.4) is 0 Å². The van der Waals surface area contributed by atoms with Crippen molar-refractivity contribution in [2.75, 3.05) is 20.3 Å². The summed E-state index contributed by atoms with van der Waals surface area (Å²) in [4.78, 5) is 6.62. The number of aliphatic hydroxyl groups excluding tert-OH is 1. The van der Waals surface area contributed by atoms with Crippen LogP contribution in [0.2, 0.25) is 0 Å². The highest BCUT2D eigenvalue weighted by Gasteiger charge is 2.29. The number of pyridine rings is 2. The highest BCUT2D eigenvalue weighted by atomic mass is 19.1. The Kier molecular flexibility index (Phi) is 7.23. The van der Waals surface area contributed by atoms with Gasteiger partial charge in [0, 0.05) is 36.9 Å². The molecule has 6 rings (SSSR count). The van der Waals surface area contributed by atoms with Crippen LogP contribution in [0.1, 0.15) is 43.2 Å². The molecular weight excluding hydrogens is 515 g/mol. The van der Waals surface area contributed by atoms with Crippen LogP contribution in [0.25, 0.3) is 16.8 Å². The zero-order chi connectivity index (χ0) is 27.6. The molecule has 0 saturated heterocycles. The van der Waals surface area contributed by atoms with Crippen molar-refractivity contribution in [3.05, 3.63) is 60.1 Å². The molecule has 1 aliphatic heterocycles. The molecular formula is C28H31FN8O3. The normalized spacial score (nSPS) is 20.1. The van der Waals surface area contributed by atoms with Gasteiger partial charge < -0.3 is 19.9 Å². The van der Waals surface area contributed by atoms with Gasteiger partial charge in [0.1, 0.15) is 5.82 Å². The van der Waals surface area contributed by atoms with Crippen molar-refractivity contribution in [1.29, 1.82) is 5.26 Å². The number of ether oxygens (including phenoxy) is 2. The Morgan fingerprint density at radius 3 is 2.75 bits per heavy atom. The molecule has 1 aliphatic carbocycles. The van der Waals surface area contributed by atoms with Crippen LogP contribution in [-0.4, -0.2) is 66.7 Å². The zero-order valence-electron chi connectivity index (χ0n) is 22.2. The fourth-order valence-electron chi connectivity index (χ4n) is 5.77. The van der Waals surface area contributed by atoms with E-state index in [2.05, 4.69) is 37.2 Å². The molecule has 1 fully saturated rings. The van der Waals surface area contributed by atoms with Gasteiger partial charge in [-0.05, 0) is 49.9 Å². The van der Waals surface area contributed by atoms with Crippen molar-refractivity contribution in [2.45, 2.75) is 57.0 Å². The molecule has 12 heteroatoms. The van der Waals surface area contributed by atoms with Crippen LogP contribution in [0, 0.1) is 17.3 Å². The minimum absolute atomic E-state index is 0.291. The quantitative estimate of drug-likeness (QED) is 0.253. The van der Waals surface area contributed by atoms with Crippen molar-refractivity contribution in [1.82, 2.24) is 34.6 Å². The van der Waals surface area contributed by atoms with E-state index in [4.69, 9.17) is 19.8 Å². The summed E-state index contributed by atoms with van der Waals surface area (Å²) in [6, 6.07) is 7.54. The Hall–Kier alpha value is -4.21. The third-order valence-electron chi connectivity index (χ3n) is 7.88. The Morgan fingerprint density at radius 1 is 1.18 bits per heavy atom. The molecule has 0 unspecified atom stereocenters. The first kappa shape index (κ1) is 26.0. The highest BCUT2D eigenvalue weighted by Crippen LogP contribution is 2.36. The molecule has 0 amide bonds. The minimum atomic E-state index is -0.818. The summed E-state index contributed by atoms with van der Waals surface area (Å²) in [6.45, 7) is 2.20. The van der Waals surface area contributed by atoms with E-state index in [9.17, 15) is 9.50 Å². The molecule has 2 aliphatic rings. The summed E-state index contributed by atoms with van der Waals surface area (Å²) in [5.41, 5.74) is 3.74. The van der Waals surface area contributed by atoms with Gasteiger partial charge in [0.25, 0.3) is 0 Å². The lowest BCUT2D eigenvalue weighted by molar-refractivity contribution is 0.112. The summed E-state index contributed by atoms with van der Waals surface area (Å²) in [6.07, 6.45) is 10.0. The Morgan fingerprint density at radius 2 is 2.02 bits per heavy atom. The smallest absolute Gasteiger partial charge is 0.176 e. The van der Waals surface area contributed by atoms with Gasteiger partial charge in [0.2, 0.25) is 0 Å². The summed E-state index contributed by atoms with van der Waals surface area (Å²) < 4.78 is 28.9. The van der Waals surface area contributed by atoms with Crippen molar-refractivity contribution in [3.8, 4) is 28.9 Å². The predicted molar refractivity (Wildman–Crippen MR) is 143 cm³/mol. The van der Waals surface area contributed by atoms with Gasteiger partial charge in [-0.15, -0.1) is 0 Å². The average molecular weight is 547 g/mol. The summed E-state index contributed by atoms with van der Waals surface area (Å²) in [7, 11) is 1.56. The molecule has 0 bridgehead atoms. The number of rotatable bonds is 8. The lowest BCUT2D eigenvalue weighted by Gasteiger charge is -2.38. The number of halogens is 1. The fraction of sp³-hybridized carbons (Fsp3) is 0.429. The van der Waals surface area contributed by atoms with Gasteiger partial charge >= 0.3 is 0 Å². The molecule has 4 aromatic heterocycles. The maximum Gasteiger partial charge on any atom is 0.176 e. The van der Waals surface area contributed by atoms with Crippen molar-refractivity contribution >= 4 is 5.52 Å². The van der Waals surface area contributed by atoms with Crippen molar-refractivity contribution in [3.63, 3.8) is 0 Å². The minimum Gasteiger partial charge on any atom is -0.493 e. The number of nitriles is 1. The number of aromatic nitrogens is 5. The van der Waals surface area contributed by atoms with Crippen LogP contribution in [0.15, 0.2) is 42.9 Å². The maximum absolute atomic E-state index is 13.4. The molecule has 4 aromatic rings. The van der Waals surface area contributed by atoms with E-state index in [0.29, 0.717) is 34.8 Å². The van der Waals surface area contributed by atoms with Crippen LogP contribution < -0.4 is 14.8 Å². The molecule has 11 nitrogen and oxygen atoms in total. The first-order valence-corrected chi connectivity index (χ1v) is 13.5. The molecule has 0 aromatic carbocycles. The second-order valence-electron chi connectivity index (χ2n) is 10.3. The predicted octanol–water partition coefficient (Wildman–Crippen LogP) is 3.05. The van der Waals surface area contributed by atoms with E-state index in [1.807, 2.05) is 12.3 Å². The number of methoxy groups -OCH3 is 1. The number of fused-ring (bicyclic) bond motifs is 2. The number of nitrogens with one attached hydrogen (secondary N) is 1. The number of nitrogens with zero attached hydrogens (tertiary/aromatic N) is 7. The largest absolute Gasteiger partial charge is 0.493 e. The summed E-state index contributed by atoms with van der Waals surface area (Å²) >= 11 is 0. The molecule has 0 radical (unpaired) electrons. The van der Waals surface area contributed by atoms with Crippen LogP contribution >= 0.6 is 0 Å². The first-order chi connectivity index (χ1) is 19.6. The monoisotopic (exact) mass is 546 g/mol. The number of aliphatic hydroxyl groups is 1. The highest BCUT2D eigenvalue weighted by molar-refractivity contribution is 5.74. The lowest BCUT2D eigenvalue weighted by atomic mass is 9.90. The van der Waals surface area contributed by atoms with E-state index >= 15 is 0 Å². The third kappa shape index (κ3) is 5.05. The van der Waals surface area contributed by atoms with E-state index in [0.717, 1.165) is 68.5 Å². The SMILES string of the molecule is COc1cnn2cc(-c3cc4n(n3)CCN(C3CCC(NC#N)CC3)C4)cc(O[C@H](CO)c3ccc(F)cn3)c12. The standard InChI is InChI=1S/C28H31FN8O3/c1-39-26-13-33-37-14-18(10-25(28(26)37)40-27(16-38)23-7-2-19(29)12-31-23)24-11-22-15-35(8-9-36(22)34-24)21-5-3-20(4-6-21)32-17-30/h2,7,10-14,20-21,27,32,38H,3-6,8-9,15-16H2,1H3/t20?,21?,27-/m1/s1. The Balaban J connectivity index is 1.27. The van der Waals surface area contributed by atoms with Crippen LogP contribution in [-0.2, 0) is 13.1 Å².